The zero-order chi connectivity index (χ0) is 41.0. The first-order chi connectivity index (χ1) is 25.1. The van der Waals surface area contributed by atoms with Crippen LogP contribution >= 0.6 is 0 Å². The van der Waals surface area contributed by atoms with Crippen molar-refractivity contribution in [1.29, 1.82) is 0 Å². The van der Waals surface area contributed by atoms with E-state index in [2.05, 4.69) is 153 Å². The summed E-state index contributed by atoms with van der Waals surface area (Å²) in [5, 5.41) is 21.3. The fraction of sp³-hybridized carbons (Fsp3) is 0.480. The highest BCUT2D eigenvalue weighted by atomic mass is 17.2. The molecule has 1 fully saturated rings. The number of hydrogen-bond acceptors (Lipinski definition) is 4. The molecule has 0 aromatic carbocycles. The van der Waals surface area contributed by atoms with Gasteiger partial charge in [0.05, 0.1) is 11.2 Å². The lowest BCUT2D eigenvalue weighted by molar-refractivity contribution is -0.327. The van der Waals surface area contributed by atoms with Gasteiger partial charge in [0, 0.05) is 12.3 Å². The molecular formula is C50H74O4. The number of allylic oxidation sites excluding steroid dienone is 25. The molecule has 1 rings (SSSR count). The Labute approximate surface area is 330 Å². The van der Waals surface area contributed by atoms with Gasteiger partial charge in [0.2, 0.25) is 0 Å². The predicted molar refractivity (Wildman–Crippen MR) is 235 cm³/mol. The summed E-state index contributed by atoms with van der Waals surface area (Å²) in [7, 11) is 0. The van der Waals surface area contributed by atoms with E-state index in [0.29, 0.717) is 0 Å². The third-order valence-corrected chi connectivity index (χ3v) is 9.29. The molecule has 2 N–H and O–H groups in total. The Balaban J connectivity index is 2.63. The van der Waals surface area contributed by atoms with Crippen molar-refractivity contribution in [3.63, 3.8) is 0 Å². The highest BCUT2D eigenvalue weighted by Crippen LogP contribution is 2.36. The van der Waals surface area contributed by atoms with Crippen molar-refractivity contribution >= 4 is 0 Å². The topological polar surface area (TPSA) is 58.9 Å². The third-order valence-electron chi connectivity index (χ3n) is 9.29. The van der Waals surface area contributed by atoms with Gasteiger partial charge in [-0.2, -0.15) is 0 Å². The molecule has 0 aromatic rings. The largest absolute Gasteiger partial charge is 0.390 e. The van der Waals surface area contributed by atoms with Gasteiger partial charge in [0.15, 0.2) is 0 Å². The first-order valence-electron chi connectivity index (χ1n) is 19.6. The molecule has 1 aliphatic heterocycles. The fourth-order valence-corrected chi connectivity index (χ4v) is 5.74. The number of rotatable bonds is 20. The Morgan fingerprint density at radius 2 is 1.06 bits per heavy atom. The van der Waals surface area contributed by atoms with E-state index in [4.69, 9.17) is 9.78 Å². The molecule has 0 spiro atoms. The van der Waals surface area contributed by atoms with Crippen molar-refractivity contribution in [2.45, 2.75) is 146 Å². The third kappa shape index (κ3) is 22.6. The molecule has 4 heteroatoms. The van der Waals surface area contributed by atoms with E-state index in [1.165, 1.54) is 27.9 Å². The van der Waals surface area contributed by atoms with Crippen LogP contribution in [0.4, 0.5) is 0 Å². The molecule has 1 heterocycles. The van der Waals surface area contributed by atoms with Crippen LogP contribution in [0.25, 0.3) is 0 Å². The van der Waals surface area contributed by atoms with Crippen LogP contribution in [0.5, 0.6) is 0 Å². The Bertz CT molecular complexity index is 1570. The lowest BCUT2D eigenvalue weighted by Crippen LogP contribution is -2.38. The summed E-state index contributed by atoms with van der Waals surface area (Å²) < 4.78 is 0. The molecule has 0 aliphatic carbocycles. The van der Waals surface area contributed by atoms with Crippen LogP contribution in [0, 0.1) is 11.8 Å². The normalized spacial score (nSPS) is 20.3. The summed E-state index contributed by atoms with van der Waals surface area (Å²) in [6, 6.07) is 0. The maximum absolute atomic E-state index is 10.7. The summed E-state index contributed by atoms with van der Waals surface area (Å²) in [4.78, 5) is 11.0. The zero-order valence-corrected chi connectivity index (χ0v) is 36.2. The Morgan fingerprint density at radius 3 is 1.44 bits per heavy atom. The first-order valence-corrected chi connectivity index (χ1v) is 19.6. The first kappa shape index (κ1) is 48.5. The average Bonchev–Trinajstić information content (AvgIpc) is 3.40. The van der Waals surface area contributed by atoms with E-state index in [9.17, 15) is 10.2 Å². The SMILES string of the molecule is CC(C)=CC[C@@H](CC/C(C)=C/C=C/C(C)=C/C=C/C(C)=C/C=C/C=C(C)/C=C/C=C(C)/C=C/C=C(C)/C=C/[C@H]([C@@H]1CC(C)(C)OO1)C(C)(C)O)C(C)(C)O. The minimum absolute atomic E-state index is 0.181. The molecule has 1 saturated heterocycles. The van der Waals surface area contributed by atoms with Crippen LogP contribution in [-0.4, -0.2) is 33.1 Å². The summed E-state index contributed by atoms with van der Waals surface area (Å²) >= 11 is 0. The Kier molecular flexibility index (Phi) is 21.6. The van der Waals surface area contributed by atoms with E-state index in [-0.39, 0.29) is 23.5 Å². The molecular weight excluding hydrogens is 665 g/mol. The standard InChI is InChI=1S/C50H74O4/c1-38(2)31-34-45(49(11,12)51)35-32-43(7)29-19-27-41(5)25-17-23-39(3)21-15-16-22-40(4)24-18-26-42(6)28-20-30-44(8)33-36-46(50(13,14)52)47-37-48(9,10)54-53-47/h15-31,33,36,45-47,51-52H,32,34-35,37H2,1-14H3/b16-15+,23-17+,24-18+,27-19+,28-20+,36-33+,39-21+,40-22+,41-25+,42-26+,43-29+,44-30+/t45-,46+,47-/m0/s1. The van der Waals surface area contributed by atoms with Crippen LogP contribution in [0.2, 0.25) is 0 Å². The smallest absolute Gasteiger partial charge is 0.105 e. The van der Waals surface area contributed by atoms with Gasteiger partial charge < -0.3 is 10.2 Å². The zero-order valence-electron chi connectivity index (χ0n) is 36.2. The quantitative estimate of drug-likeness (QED) is 0.0742. The Morgan fingerprint density at radius 1 is 0.630 bits per heavy atom. The van der Waals surface area contributed by atoms with Gasteiger partial charge in [-0.05, 0) is 122 Å². The van der Waals surface area contributed by atoms with Crippen molar-refractivity contribution in [2.75, 3.05) is 0 Å². The lowest BCUT2D eigenvalue weighted by Gasteiger charge is -2.30. The molecule has 0 radical (unpaired) electrons. The van der Waals surface area contributed by atoms with Gasteiger partial charge in [-0.1, -0.05) is 154 Å². The van der Waals surface area contributed by atoms with Crippen molar-refractivity contribution in [3.8, 4) is 0 Å². The second-order valence-corrected chi connectivity index (χ2v) is 17.0. The van der Waals surface area contributed by atoms with Gasteiger partial charge in [-0.25, -0.2) is 9.78 Å². The van der Waals surface area contributed by atoms with Crippen LogP contribution in [0.15, 0.2) is 154 Å². The van der Waals surface area contributed by atoms with Crippen LogP contribution < -0.4 is 0 Å². The van der Waals surface area contributed by atoms with E-state index >= 15 is 0 Å². The molecule has 1 aliphatic rings. The summed E-state index contributed by atoms with van der Waals surface area (Å²) in [6.45, 7) is 28.3. The average molecular weight is 739 g/mol. The molecule has 3 atom stereocenters. The number of aliphatic hydroxyl groups is 2. The van der Waals surface area contributed by atoms with Crippen molar-refractivity contribution in [1.82, 2.24) is 0 Å². The van der Waals surface area contributed by atoms with E-state index in [0.717, 1.165) is 36.8 Å². The van der Waals surface area contributed by atoms with Gasteiger partial charge in [0.25, 0.3) is 0 Å². The maximum Gasteiger partial charge on any atom is 0.105 e. The van der Waals surface area contributed by atoms with E-state index in [1.54, 1.807) is 0 Å². The highest BCUT2D eigenvalue weighted by molar-refractivity contribution is 5.33. The van der Waals surface area contributed by atoms with Crippen molar-refractivity contribution < 1.29 is 20.0 Å². The second kappa shape index (κ2) is 24.1. The molecule has 0 bridgehead atoms. The summed E-state index contributed by atoms with van der Waals surface area (Å²) in [5.41, 5.74) is 6.44. The molecule has 0 amide bonds. The lowest BCUT2D eigenvalue weighted by atomic mass is 9.82. The Hall–Kier alpha value is -3.54. The monoisotopic (exact) mass is 739 g/mol. The fourth-order valence-electron chi connectivity index (χ4n) is 5.74. The van der Waals surface area contributed by atoms with Gasteiger partial charge >= 0.3 is 0 Å². The van der Waals surface area contributed by atoms with Crippen molar-refractivity contribution in [2.24, 2.45) is 11.8 Å². The minimum atomic E-state index is -0.924. The van der Waals surface area contributed by atoms with E-state index < -0.39 is 11.2 Å². The van der Waals surface area contributed by atoms with Gasteiger partial charge in [-0.15, -0.1) is 0 Å². The number of hydrogen-bond donors (Lipinski definition) is 2. The summed E-state index contributed by atoms with van der Waals surface area (Å²) in [6.07, 6.45) is 43.3. The van der Waals surface area contributed by atoms with Crippen LogP contribution in [0.3, 0.4) is 0 Å². The highest BCUT2D eigenvalue weighted by Gasteiger charge is 2.42. The molecule has 54 heavy (non-hydrogen) atoms. The van der Waals surface area contributed by atoms with E-state index in [1.807, 2.05) is 59.8 Å². The van der Waals surface area contributed by atoms with Gasteiger partial charge in [0.1, 0.15) is 11.7 Å². The molecule has 0 unspecified atom stereocenters. The molecule has 4 nitrogen and oxygen atoms in total. The van der Waals surface area contributed by atoms with Crippen LogP contribution in [-0.2, 0) is 9.78 Å². The molecule has 0 saturated carbocycles. The molecule has 0 aromatic heterocycles. The van der Waals surface area contributed by atoms with Gasteiger partial charge in [-0.3, -0.25) is 0 Å². The summed E-state index contributed by atoms with van der Waals surface area (Å²) in [5.74, 6) is 0.0661. The second-order valence-electron chi connectivity index (χ2n) is 17.0. The van der Waals surface area contributed by atoms with Crippen LogP contribution in [0.1, 0.15) is 123 Å². The minimum Gasteiger partial charge on any atom is -0.390 e. The predicted octanol–water partition coefficient (Wildman–Crippen LogP) is 13.4. The molecule has 298 valence electrons. The maximum atomic E-state index is 10.7. The van der Waals surface area contributed by atoms with Crippen molar-refractivity contribution in [3.05, 3.63) is 154 Å².